The summed E-state index contributed by atoms with van der Waals surface area (Å²) in [4.78, 5) is 13.2. The van der Waals surface area contributed by atoms with Crippen LogP contribution in [0.1, 0.15) is 71.1 Å². The average molecular weight is 408 g/mol. The maximum atomic E-state index is 13.2. The van der Waals surface area contributed by atoms with Crippen LogP contribution in [-0.4, -0.2) is 15.6 Å². The zero-order chi connectivity index (χ0) is 20.7. The molecule has 6 rings (SSSR count). The van der Waals surface area contributed by atoms with Crippen molar-refractivity contribution < 1.29 is 9.90 Å². The van der Waals surface area contributed by atoms with Crippen LogP contribution in [0, 0.1) is 23.2 Å². The molecule has 4 aliphatic rings. The number of nitrogens with zero attached hydrogens (tertiary/aromatic N) is 3. The minimum Gasteiger partial charge on any atom is -0.493 e. The number of hydrogen-bond acceptors (Lipinski definition) is 3. The Bertz CT molecular complexity index is 939. The van der Waals surface area contributed by atoms with E-state index in [-0.39, 0.29) is 17.2 Å². The Labute approximate surface area is 178 Å². The molecule has 2 aromatic rings. The Morgan fingerprint density at radius 1 is 1.07 bits per heavy atom. The van der Waals surface area contributed by atoms with Crippen LogP contribution in [0.3, 0.4) is 0 Å². The van der Waals surface area contributed by atoms with Gasteiger partial charge in [-0.05, 0) is 68.8 Å². The highest BCUT2D eigenvalue weighted by Gasteiger charge is 2.54. The van der Waals surface area contributed by atoms with E-state index in [1.54, 1.807) is 0 Å². The van der Waals surface area contributed by atoms with Crippen LogP contribution in [0.5, 0.6) is 5.88 Å². The molecule has 1 amide bonds. The molecule has 160 valence electrons. The first-order valence-corrected chi connectivity index (χ1v) is 11.9. The van der Waals surface area contributed by atoms with Crippen LogP contribution in [0.2, 0.25) is 0 Å². The van der Waals surface area contributed by atoms with Gasteiger partial charge in [-0.1, -0.05) is 44.4 Å². The van der Waals surface area contributed by atoms with Gasteiger partial charge in [-0.2, -0.15) is 0 Å². The lowest BCUT2D eigenvalue weighted by Crippen LogP contribution is -2.49. The fraction of sp³-hybridized carbons (Fsp3) is 0.640. The summed E-state index contributed by atoms with van der Waals surface area (Å²) < 4.78 is 1.93. The van der Waals surface area contributed by atoms with E-state index in [1.165, 1.54) is 32.1 Å². The van der Waals surface area contributed by atoms with E-state index in [2.05, 4.69) is 17.2 Å². The van der Waals surface area contributed by atoms with Gasteiger partial charge in [0.15, 0.2) is 5.69 Å². The van der Waals surface area contributed by atoms with Crippen molar-refractivity contribution in [1.82, 2.24) is 4.57 Å². The molecule has 5 heteroatoms. The number of hydrogen-bond donors (Lipinski definition) is 1. The Balaban J connectivity index is 1.40. The molecule has 0 unspecified atom stereocenters. The summed E-state index contributed by atoms with van der Waals surface area (Å²) in [5.41, 5.74) is 1.12. The highest BCUT2D eigenvalue weighted by molar-refractivity contribution is 5.95. The largest absolute Gasteiger partial charge is 0.493 e. The third kappa shape index (κ3) is 3.36. The quantitative estimate of drug-likeness (QED) is 0.407. The second kappa shape index (κ2) is 7.82. The topological polar surface area (TPSA) is 66.9 Å². The van der Waals surface area contributed by atoms with Gasteiger partial charge in [0.2, 0.25) is 5.88 Å². The van der Waals surface area contributed by atoms with E-state index in [9.17, 15) is 9.90 Å². The molecule has 1 N–H and O–H groups in total. The maximum absolute atomic E-state index is 13.2. The molecule has 0 saturated heterocycles. The third-order valence-electron chi connectivity index (χ3n) is 7.89. The van der Waals surface area contributed by atoms with Crippen molar-refractivity contribution >= 4 is 22.5 Å². The zero-order valence-corrected chi connectivity index (χ0v) is 18.0. The van der Waals surface area contributed by atoms with Crippen molar-refractivity contribution in [3.63, 3.8) is 0 Å². The number of amides is 1. The van der Waals surface area contributed by atoms with E-state index in [4.69, 9.17) is 0 Å². The monoisotopic (exact) mass is 407 g/mol. The number of azo groups is 1. The fourth-order valence-corrected chi connectivity index (χ4v) is 6.87. The van der Waals surface area contributed by atoms with E-state index >= 15 is 0 Å². The van der Waals surface area contributed by atoms with Crippen molar-refractivity contribution in [1.29, 1.82) is 0 Å². The number of aromatic nitrogens is 1. The molecule has 0 radical (unpaired) electrons. The van der Waals surface area contributed by atoms with Gasteiger partial charge in [0, 0.05) is 11.9 Å². The maximum Gasteiger partial charge on any atom is 0.270 e. The number of carbonyl (C=O) groups is 1. The van der Waals surface area contributed by atoms with Crippen molar-refractivity contribution in [3.05, 3.63) is 24.3 Å². The summed E-state index contributed by atoms with van der Waals surface area (Å²) in [7, 11) is 0. The van der Waals surface area contributed by atoms with Crippen LogP contribution in [0.4, 0.5) is 5.69 Å². The normalized spacial score (nSPS) is 30.0. The molecule has 1 aromatic carbocycles. The Hall–Kier alpha value is -2.17. The van der Waals surface area contributed by atoms with Crippen LogP contribution in [0.15, 0.2) is 34.5 Å². The van der Waals surface area contributed by atoms with E-state index in [0.717, 1.165) is 49.6 Å². The number of unbranched alkanes of at least 4 members (excludes halogenated alkanes) is 3. The molecule has 0 atom stereocenters. The second-order valence-corrected chi connectivity index (χ2v) is 10.1. The number of benzene rings is 1. The lowest BCUT2D eigenvalue weighted by atomic mass is 9.49. The van der Waals surface area contributed by atoms with E-state index < -0.39 is 0 Å². The van der Waals surface area contributed by atoms with Gasteiger partial charge in [-0.15, -0.1) is 10.2 Å². The first kappa shape index (κ1) is 19.8. The summed E-state index contributed by atoms with van der Waals surface area (Å²) in [5, 5.41) is 20.4. The minimum absolute atomic E-state index is 0.0548. The summed E-state index contributed by atoms with van der Waals surface area (Å²) in [6, 6.07) is 7.89. The minimum atomic E-state index is -0.285. The van der Waals surface area contributed by atoms with E-state index in [1.807, 2.05) is 28.8 Å². The van der Waals surface area contributed by atoms with Gasteiger partial charge in [-0.3, -0.25) is 4.79 Å². The lowest BCUT2D eigenvalue weighted by molar-refractivity contribution is -0.142. The van der Waals surface area contributed by atoms with Crippen LogP contribution in [-0.2, 0) is 11.3 Å². The number of aryl methyl sites for hydroxylation is 1. The van der Waals surface area contributed by atoms with Crippen molar-refractivity contribution in [3.8, 4) is 5.88 Å². The van der Waals surface area contributed by atoms with Crippen molar-refractivity contribution in [2.24, 2.45) is 33.4 Å². The molecule has 4 saturated carbocycles. The molecule has 4 bridgehead atoms. The van der Waals surface area contributed by atoms with Gasteiger partial charge in [-0.25, -0.2) is 0 Å². The van der Waals surface area contributed by atoms with Crippen molar-refractivity contribution in [2.75, 3.05) is 0 Å². The van der Waals surface area contributed by atoms with Crippen LogP contribution in [0.25, 0.3) is 10.9 Å². The summed E-state index contributed by atoms with van der Waals surface area (Å²) in [6.07, 6.45) is 11.4. The van der Waals surface area contributed by atoms with Gasteiger partial charge in [0.25, 0.3) is 5.91 Å². The fourth-order valence-electron chi connectivity index (χ4n) is 6.87. The number of carbonyl (C=O) groups excluding carboxylic acids is 1. The molecule has 0 aliphatic heterocycles. The predicted molar refractivity (Wildman–Crippen MR) is 118 cm³/mol. The molecule has 30 heavy (non-hydrogen) atoms. The highest BCUT2D eigenvalue weighted by Crippen LogP contribution is 2.60. The number of aromatic hydroxyl groups is 1. The smallest absolute Gasteiger partial charge is 0.270 e. The molecule has 0 spiro atoms. The first-order chi connectivity index (χ1) is 14.6. The van der Waals surface area contributed by atoms with Crippen molar-refractivity contribution in [2.45, 2.75) is 77.7 Å². The Kier molecular flexibility index (Phi) is 5.16. The molecule has 5 nitrogen and oxygen atoms in total. The third-order valence-corrected chi connectivity index (χ3v) is 7.89. The second-order valence-electron chi connectivity index (χ2n) is 10.1. The molecule has 1 aromatic heterocycles. The van der Waals surface area contributed by atoms with Crippen LogP contribution < -0.4 is 0 Å². The number of para-hydroxylation sites is 1. The summed E-state index contributed by atoms with van der Waals surface area (Å²) >= 11 is 0. The molecule has 4 aliphatic carbocycles. The van der Waals surface area contributed by atoms with Crippen LogP contribution >= 0.6 is 0 Å². The number of fused-ring (bicyclic) bond motifs is 1. The average Bonchev–Trinajstić information content (AvgIpc) is 2.99. The Morgan fingerprint density at radius 2 is 1.73 bits per heavy atom. The molecular formula is C25H33N3O2. The molecular weight excluding hydrogens is 374 g/mol. The van der Waals surface area contributed by atoms with Gasteiger partial charge in [0.1, 0.15) is 0 Å². The zero-order valence-electron chi connectivity index (χ0n) is 18.0. The first-order valence-electron chi connectivity index (χ1n) is 11.9. The highest BCUT2D eigenvalue weighted by atomic mass is 16.3. The summed E-state index contributed by atoms with van der Waals surface area (Å²) in [6.45, 7) is 2.95. The number of rotatable bonds is 7. The molecule has 4 fully saturated rings. The SMILES string of the molecule is CCCCCCn1c(O)c(N=NC(=O)C23CC4CC(CC(C4)C2)C3)c2ccccc21. The lowest BCUT2D eigenvalue weighted by Gasteiger charge is -2.54. The standard InChI is InChI=1S/C25H33N3O2/c1-2-3-4-7-10-28-21-9-6-5-8-20(21)22(23(28)29)26-27-24(30)25-14-17-11-18(15-25)13-19(12-17)16-25/h5-6,8-9,17-19,29H,2-4,7,10-16H2,1H3. The van der Waals surface area contributed by atoms with Gasteiger partial charge >= 0.3 is 0 Å². The van der Waals surface area contributed by atoms with E-state index in [0.29, 0.717) is 23.4 Å². The van der Waals surface area contributed by atoms with Gasteiger partial charge < -0.3 is 9.67 Å². The Morgan fingerprint density at radius 3 is 2.40 bits per heavy atom. The summed E-state index contributed by atoms with van der Waals surface area (Å²) in [5.74, 6) is 2.19. The molecule has 1 heterocycles. The predicted octanol–water partition coefficient (Wildman–Crippen LogP) is 6.75. The van der Waals surface area contributed by atoms with Gasteiger partial charge in [0.05, 0.1) is 10.9 Å².